The number of thioether (sulfide) groups is 1. The Morgan fingerprint density at radius 1 is 1.69 bits per heavy atom. The second kappa shape index (κ2) is 3.25. The SMILES string of the molecule is CSC1(CNc2cnoc2C)CC1. The molecule has 1 saturated carbocycles. The van der Waals surface area contributed by atoms with Crippen molar-refractivity contribution in [3.8, 4) is 0 Å². The second-order valence-corrected chi connectivity index (χ2v) is 4.81. The summed E-state index contributed by atoms with van der Waals surface area (Å²) in [6.45, 7) is 2.95. The van der Waals surface area contributed by atoms with Crippen LogP contribution in [0.4, 0.5) is 5.69 Å². The zero-order valence-corrected chi connectivity index (χ0v) is 8.78. The molecule has 0 atom stereocenters. The highest BCUT2D eigenvalue weighted by Crippen LogP contribution is 2.47. The van der Waals surface area contributed by atoms with Crippen molar-refractivity contribution in [2.45, 2.75) is 24.5 Å². The number of aryl methyl sites for hydroxylation is 1. The van der Waals surface area contributed by atoms with Gasteiger partial charge in [-0.2, -0.15) is 11.8 Å². The number of anilines is 1. The summed E-state index contributed by atoms with van der Waals surface area (Å²) in [6.07, 6.45) is 6.57. The molecule has 1 fully saturated rings. The lowest BCUT2D eigenvalue weighted by Gasteiger charge is -2.12. The molecule has 0 aromatic carbocycles. The molecule has 1 aliphatic carbocycles. The van der Waals surface area contributed by atoms with Crippen molar-refractivity contribution in [2.24, 2.45) is 0 Å². The average Bonchev–Trinajstić information content (AvgIpc) is 2.82. The van der Waals surface area contributed by atoms with E-state index in [1.807, 2.05) is 18.7 Å². The van der Waals surface area contributed by atoms with Crippen LogP contribution < -0.4 is 5.32 Å². The summed E-state index contributed by atoms with van der Waals surface area (Å²) < 4.78 is 5.45. The Bertz CT molecular complexity index is 294. The average molecular weight is 198 g/mol. The Kier molecular flexibility index (Phi) is 2.24. The van der Waals surface area contributed by atoms with Gasteiger partial charge in [0.15, 0.2) is 5.76 Å². The molecule has 1 aliphatic rings. The van der Waals surface area contributed by atoms with Crippen molar-refractivity contribution in [2.75, 3.05) is 18.1 Å². The summed E-state index contributed by atoms with van der Waals surface area (Å²) >= 11 is 1.95. The van der Waals surface area contributed by atoms with Crippen LogP contribution in [-0.4, -0.2) is 22.7 Å². The summed E-state index contributed by atoms with van der Waals surface area (Å²) in [5.74, 6) is 0.872. The predicted molar refractivity (Wildman–Crippen MR) is 55.2 cm³/mol. The maximum absolute atomic E-state index is 4.96. The zero-order chi connectivity index (χ0) is 9.31. The maximum Gasteiger partial charge on any atom is 0.156 e. The van der Waals surface area contributed by atoms with Crippen LogP contribution in [0, 0.1) is 6.92 Å². The first-order valence-corrected chi connectivity index (χ1v) is 5.68. The standard InChI is InChI=1S/C9H14N2OS/c1-7-8(5-11-12-7)10-6-9(13-2)3-4-9/h5,10H,3-4,6H2,1-2H3. The Labute approximate surface area is 82.3 Å². The van der Waals surface area contributed by atoms with E-state index in [0.29, 0.717) is 4.75 Å². The van der Waals surface area contributed by atoms with Crippen LogP contribution in [0.3, 0.4) is 0 Å². The van der Waals surface area contributed by atoms with Gasteiger partial charge in [0.1, 0.15) is 0 Å². The van der Waals surface area contributed by atoms with Gasteiger partial charge in [0.25, 0.3) is 0 Å². The summed E-state index contributed by atoms with van der Waals surface area (Å²) in [5, 5.41) is 7.09. The molecule has 0 bridgehead atoms. The largest absolute Gasteiger partial charge is 0.379 e. The molecule has 13 heavy (non-hydrogen) atoms. The number of rotatable bonds is 4. The smallest absolute Gasteiger partial charge is 0.156 e. The first-order valence-electron chi connectivity index (χ1n) is 4.46. The highest BCUT2D eigenvalue weighted by Gasteiger charge is 2.41. The molecule has 1 heterocycles. The first kappa shape index (κ1) is 8.94. The fourth-order valence-corrected chi connectivity index (χ4v) is 2.04. The lowest BCUT2D eigenvalue weighted by Crippen LogP contribution is -2.17. The van der Waals surface area contributed by atoms with E-state index in [4.69, 9.17) is 4.52 Å². The predicted octanol–water partition coefficient (Wildman–Crippen LogP) is 2.29. The molecular weight excluding hydrogens is 184 g/mol. The topological polar surface area (TPSA) is 38.1 Å². The second-order valence-electron chi connectivity index (χ2n) is 3.54. The normalized spacial score (nSPS) is 18.6. The molecule has 0 amide bonds. The van der Waals surface area contributed by atoms with Gasteiger partial charge in [0.2, 0.25) is 0 Å². The minimum atomic E-state index is 0.490. The monoisotopic (exact) mass is 198 g/mol. The van der Waals surface area contributed by atoms with Gasteiger partial charge in [0.05, 0.1) is 11.9 Å². The molecule has 1 aromatic heterocycles. The third kappa shape index (κ3) is 1.82. The van der Waals surface area contributed by atoms with Crippen LogP contribution in [0.5, 0.6) is 0 Å². The number of nitrogens with one attached hydrogen (secondary N) is 1. The molecule has 3 nitrogen and oxygen atoms in total. The third-order valence-corrected chi connectivity index (χ3v) is 4.01. The summed E-state index contributed by atoms with van der Waals surface area (Å²) in [7, 11) is 0. The van der Waals surface area contributed by atoms with E-state index in [9.17, 15) is 0 Å². The van der Waals surface area contributed by atoms with E-state index < -0.39 is 0 Å². The van der Waals surface area contributed by atoms with Crippen molar-refractivity contribution in [1.82, 2.24) is 5.16 Å². The van der Waals surface area contributed by atoms with Gasteiger partial charge in [-0.15, -0.1) is 0 Å². The van der Waals surface area contributed by atoms with Crippen LogP contribution in [0.1, 0.15) is 18.6 Å². The van der Waals surface area contributed by atoms with Crippen LogP contribution in [0.25, 0.3) is 0 Å². The van der Waals surface area contributed by atoms with Crippen LogP contribution in [0.2, 0.25) is 0 Å². The molecule has 0 unspecified atom stereocenters. The Morgan fingerprint density at radius 2 is 2.46 bits per heavy atom. The van der Waals surface area contributed by atoms with Crippen LogP contribution in [-0.2, 0) is 0 Å². The van der Waals surface area contributed by atoms with Crippen molar-refractivity contribution in [1.29, 1.82) is 0 Å². The molecule has 0 saturated heterocycles. The molecular formula is C9H14N2OS. The molecule has 0 aliphatic heterocycles. The van der Waals surface area contributed by atoms with E-state index >= 15 is 0 Å². The maximum atomic E-state index is 4.96. The van der Waals surface area contributed by atoms with Crippen molar-refractivity contribution in [3.63, 3.8) is 0 Å². The van der Waals surface area contributed by atoms with E-state index in [2.05, 4.69) is 16.7 Å². The van der Waals surface area contributed by atoms with E-state index in [1.54, 1.807) is 6.20 Å². The summed E-state index contributed by atoms with van der Waals surface area (Å²) in [4.78, 5) is 0. The Morgan fingerprint density at radius 3 is 2.92 bits per heavy atom. The lowest BCUT2D eigenvalue weighted by molar-refractivity contribution is 0.398. The molecule has 1 N–H and O–H groups in total. The van der Waals surface area contributed by atoms with Gasteiger partial charge >= 0.3 is 0 Å². The van der Waals surface area contributed by atoms with Crippen molar-refractivity contribution in [3.05, 3.63) is 12.0 Å². The molecule has 0 radical (unpaired) electrons. The third-order valence-electron chi connectivity index (χ3n) is 2.59. The molecule has 2 rings (SSSR count). The van der Waals surface area contributed by atoms with E-state index in [0.717, 1.165) is 18.0 Å². The highest BCUT2D eigenvalue weighted by atomic mass is 32.2. The molecule has 4 heteroatoms. The number of nitrogens with zero attached hydrogens (tertiary/aromatic N) is 1. The van der Waals surface area contributed by atoms with Gasteiger partial charge in [-0.1, -0.05) is 5.16 Å². The van der Waals surface area contributed by atoms with Gasteiger partial charge in [-0.25, -0.2) is 0 Å². The minimum absolute atomic E-state index is 0.490. The number of hydrogen-bond donors (Lipinski definition) is 1. The van der Waals surface area contributed by atoms with E-state index in [-0.39, 0.29) is 0 Å². The molecule has 0 spiro atoms. The van der Waals surface area contributed by atoms with Crippen LogP contribution in [0.15, 0.2) is 10.7 Å². The van der Waals surface area contributed by atoms with E-state index in [1.165, 1.54) is 12.8 Å². The first-order chi connectivity index (χ1) is 6.26. The lowest BCUT2D eigenvalue weighted by atomic mass is 10.3. The fourth-order valence-electron chi connectivity index (χ4n) is 1.32. The van der Waals surface area contributed by atoms with Gasteiger partial charge < -0.3 is 9.84 Å². The van der Waals surface area contributed by atoms with Gasteiger partial charge in [-0.05, 0) is 26.0 Å². The van der Waals surface area contributed by atoms with Crippen molar-refractivity contribution >= 4 is 17.4 Å². The molecule has 72 valence electrons. The van der Waals surface area contributed by atoms with Gasteiger partial charge in [-0.3, -0.25) is 0 Å². The number of aromatic nitrogens is 1. The Balaban J connectivity index is 1.90. The van der Waals surface area contributed by atoms with Crippen molar-refractivity contribution < 1.29 is 4.52 Å². The quantitative estimate of drug-likeness (QED) is 0.805. The highest BCUT2D eigenvalue weighted by molar-refractivity contribution is 8.00. The van der Waals surface area contributed by atoms with Crippen LogP contribution >= 0.6 is 11.8 Å². The number of hydrogen-bond acceptors (Lipinski definition) is 4. The summed E-state index contributed by atoms with van der Waals surface area (Å²) in [6, 6.07) is 0. The molecule has 1 aromatic rings. The zero-order valence-electron chi connectivity index (χ0n) is 7.96. The minimum Gasteiger partial charge on any atom is -0.379 e. The Hall–Kier alpha value is -0.640. The summed E-state index contributed by atoms with van der Waals surface area (Å²) in [5.41, 5.74) is 1.03. The van der Waals surface area contributed by atoms with Gasteiger partial charge in [0, 0.05) is 11.3 Å². The fraction of sp³-hybridized carbons (Fsp3) is 0.667.